The monoisotopic (exact) mass is 613 g/mol. The van der Waals surface area contributed by atoms with Crippen molar-refractivity contribution in [1.29, 1.82) is 0 Å². The number of carbonyl (C=O) groups is 2. The highest BCUT2D eigenvalue weighted by Gasteiger charge is 2.41. The highest BCUT2D eigenvalue weighted by atomic mass is 127. The highest BCUT2D eigenvalue weighted by Crippen LogP contribution is 2.37. The van der Waals surface area contributed by atoms with Crippen molar-refractivity contribution in [1.82, 2.24) is 15.6 Å². The Balaban J connectivity index is 1.89. The number of esters is 1. The van der Waals surface area contributed by atoms with Crippen LogP contribution in [0.25, 0.3) is 0 Å². The van der Waals surface area contributed by atoms with Crippen molar-refractivity contribution in [2.45, 2.75) is 30.6 Å². The zero-order valence-electron chi connectivity index (χ0n) is 18.6. The van der Waals surface area contributed by atoms with E-state index in [9.17, 15) is 27.2 Å². The van der Waals surface area contributed by atoms with Gasteiger partial charge in [-0.3, -0.25) is 4.98 Å². The van der Waals surface area contributed by atoms with Crippen LogP contribution in [0.4, 0.5) is 22.4 Å². The number of hydrogen-bond donors (Lipinski definition) is 2. The van der Waals surface area contributed by atoms with Crippen molar-refractivity contribution in [2.24, 2.45) is 0 Å². The third-order valence-corrected chi connectivity index (χ3v) is 6.40. The minimum atomic E-state index is -4.83. The molecule has 1 saturated heterocycles. The van der Waals surface area contributed by atoms with E-state index in [4.69, 9.17) is 4.74 Å². The van der Waals surface area contributed by atoms with Gasteiger partial charge in [-0.15, -0.1) is 0 Å². The molecule has 3 aromatic rings. The highest BCUT2D eigenvalue weighted by molar-refractivity contribution is 14.1. The lowest BCUT2D eigenvalue weighted by molar-refractivity contribution is -0.139. The fourth-order valence-corrected chi connectivity index (χ4v) is 4.39. The number of benzene rings is 2. The van der Waals surface area contributed by atoms with E-state index in [0.717, 1.165) is 15.7 Å². The number of nitrogens with zero attached hydrogens (tertiary/aromatic N) is 1. The minimum absolute atomic E-state index is 0.0509. The summed E-state index contributed by atoms with van der Waals surface area (Å²) in [6.07, 6.45) is -3.14. The number of hydrogen-bond acceptors (Lipinski definition) is 4. The summed E-state index contributed by atoms with van der Waals surface area (Å²) in [5.74, 6) is -1.74. The van der Waals surface area contributed by atoms with Crippen LogP contribution in [0.5, 0.6) is 0 Å². The molecule has 2 aromatic carbocycles. The summed E-state index contributed by atoms with van der Waals surface area (Å²) in [5, 5.41) is 5.24. The summed E-state index contributed by atoms with van der Waals surface area (Å²) in [6.45, 7) is 0.135. The topological polar surface area (TPSA) is 80.3 Å². The standard InChI is InChI=1S/C25H20F4IN3O3/c26-18-11-16(10-17(12-18)25(27,28)29)24(13-15-4-2-1-3-5-15,21-7-6-19(30)14-31-21)33-23(35)32-20-8-9-36-22(20)34/h1-7,10-12,14,20H,8-9,13H2,(H2,32,33,35)/t20-,24-/m1/s1. The zero-order valence-corrected chi connectivity index (χ0v) is 20.8. The van der Waals surface area contributed by atoms with Gasteiger partial charge in [-0.05, 0) is 64.0 Å². The Kier molecular flexibility index (Phi) is 7.48. The minimum Gasteiger partial charge on any atom is -0.464 e. The summed E-state index contributed by atoms with van der Waals surface area (Å²) < 4.78 is 61.2. The van der Waals surface area contributed by atoms with Crippen LogP contribution in [0.1, 0.15) is 28.8 Å². The van der Waals surface area contributed by atoms with Crippen molar-refractivity contribution in [2.75, 3.05) is 6.61 Å². The predicted molar refractivity (Wildman–Crippen MR) is 130 cm³/mol. The van der Waals surface area contributed by atoms with Crippen LogP contribution < -0.4 is 10.6 Å². The maximum atomic E-state index is 14.6. The molecule has 0 spiro atoms. The van der Waals surface area contributed by atoms with Crippen molar-refractivity contribution in [3.63, 3.8) is 0 Å². The number of amides is 2. The van der Waals surface area contributed by atoms with E-state index in [0.29, 0.717) is 11.6 Å². The van der Waals surface area contributed by atoms with Gasteiger partial charge in [0.2, 0.25) is 0 Å². The molecule has 2 N–H and O–H groups in total. The molecule has 2 heterocycles. The Hall–Kier alpha value is -3.22. The number of cyclic esters (lactones) is 1. The molecule has 1 aromatic heterocycles. The maximum absolute atomic E-state index is 14.6. The third kappa shape index (κ3) is 5.77. The average Bonchev–Trinajstić information content (AvgIpc) is 3.22. The molecular weight excluding hydrogens is 593 g/mol. The van der Waals surface area contributed by atoms with E-state index in [2.05, 4.69) is 15.6 Å². The van der Waals surface area contributed by atoms with Crippen LogP contribution in [0.2, 0.25) is 0 Å². The first-order chi connectivity index (χ1) is 17.1. The van der Waals surface area contributed by atoms with Crippen molar-refractivity contribution in [3.8, 4) is 0 Å². The largest absolute Gasteiger partial charge is 0.464 e. The molecule has 4 rings (SSSR count). The molecule has 0 aliphatic carbocycles. The van der Waals surface area contributed by atoms with Crippen LogP contribution >= 0.6 is 22.6 Å². The Labute approximate surface area is 217 Å². The van der Waals surface area contributed by atoms with Crippen molar-refractivity contribution in [3.05, 3.63) is 98.6 Å². The van der Waals surface area contributed by atoms with Gasteiger partial charge in [0.15, 0.2) is 0 Å². The van der Waals surface area contributed by atoms with Gasteiger partial charge < -0.3 is 15.4 Å². The van der Waals surface area contributed by atoms with Crippen molar-refractivity contribution >= 4 is 34.6 Å². The molecule has 0 unspecified atom stereocenters. The molecular formula is C25H20F4IN3O3. The number of pyridine rings is 1. The van der Waals surface area contributed by atoms with E-state index in [1.54, 1.807) is 42.5 Å². The fourth-order valence-electron chi connectivity index (χ4n) is 4.07. The number of halogens is 5. The molecule has 1 fully saturated rings. The van der Waals surface area contributed by atoms with E-state index < -0.39 is 41.1 Å². The van der Waals surface area contributed by atoms with E-state index >= 15 is 0 Å². The number of carbonyl (C=O) groups excluding carboxylic acids is 2. The first-order valence-electron chi connectivity index (χ1n) is 10.9. The summed E-state index contributed by atoms with van der Waals surface area (Å²) in [7, 11) is 0. The molecule has 6 nitrogen and oxygen atoms in total. The number of ether oxygens (including phenoxy) is 1. The normalized spacial score (nSPS) is 17.2. The number of alkyl halides is 3. The first kappa shape index (κ1) is 25.9. The summed E-state index contributed by atoms with van der Waals surface area (Å²) in [4.78, 5) is 29.4. The fraction of sp³-hybridized carbons (Fsp3) is 0.240. The first-order valence-corrected chi connectivity index (χ1v) is 11.9. The molecule has 2 atom stereocenters. The number of urea groups is 1. The number of rotatable bonds is 6. The van der Waals surface area contributed by atoms with Crippen LogP contribution in [0, 0.1) is 9.39 Å². The van der Waals surface area contributed by atoms with Gasteiger partial charge in [-0.1, -0.05) is 30.3 Å². The summed E-state index contributed by atoms with van der Waals surface area (Å²) >= 11 is 2.02. The van der Waals surface area contributed by atoms with Gasteiger partial charge in [0.25, 0.3) is 0 Å². The van der Waals surface area contributed by atoms with Crippen LogP contribution in [-0.2, 0) is 27.7 Å². The zero-order chi connectivity index (χ0) is 25.9. The second-order valence-corrected chi connectivity index (χ2v) is 9.51. The predicted octanol–water partition coefficient (Wildman–Crippen LogP) is 4.95. The van der Waals surface area contributed by atoms with Gasteiger partial charge in [-0.25, -0.2) is 14.0 Å². The Morgan fingerprint density at radius 3 is 2.42 bits per heavy atom. The molecule has 2 amide bonds. The van der Waals surface area contributed by atoms with Crippen LogP contribution in [0.15, 0.2) is 66.9 Å². The van der Waals surface area contributed by atoms with Crippen molar-refractivity contribution < 1.29 is 31.9 Å². The van der Waals surface area contributed by atoms with E-state index in [1.807, 2.05) is 22.6 Å². The molecule has 1 aliphatic rings. The average molecular weight is 613 g/mol. The van der Waals surface area contributed by atoms with Gasteiger partial charge in [-0.2, -0.15) is 13.2 Å². The molecule has 11 heteroatoms. The molecule has 188 valence electrons. The lowest BCUT2D eigenvalue weighted by atomic mass is 9.79. The van der Waals surface area contributed by atoms with Gasteiger partial charge in [0.05, 0.1) is 17.9 Å². The van der Waals surface area contributed by atoms with E-state index in [1.165, 1.54) is 6.20 Å². The Bertz CT molecular complexity index is 1260. The smallest absolute Gasteiger partial charge is 0.416 e. The molecule has 1 aliphatic heterocycles. The lowest BCUT2D eigenvalue weighted by Crippen LogP contribution is -2.55. The Morgan fingerprint density at radius 2 is 1.81 bits per heavy atom. The molecule has 0 radical (unpaired) electrons. The number of nitrogens with one attached hydrogen (secondary N) is 2. The molecule has 36 heavy (non-hydrogen) atoms. The van der Waals surface area contributed by atoms with Gasteiger partial charge >= 0.3 is 18.2 Å². The Morgan fingerprint density at radius 1 is 1.08 bits per heavy atom. The second kappa shape index (κ2) is 10.4. The van der Waals surface area contributed by atoms with Gasteiger partial charge in [0.1, 0.15) is 17.4 Å². The maximum Gasteiger partial charge on any atom is 0.416 e. The lowest BCUT2D eigenvalue weighted by Gasteiger charge is -2.36. The second-order valence-electron chi connectivity index (χ2n) is 8.26. The van der Waals surface area contributed by atoms with Gasteiger partial charge in [0, 0.05) is 22.6 Å². The van der Waals surface area contributed by atoms with E-state index in [-0.39, 0.29) is 30.7 Å². The SMILES string of the molecule is O=C(N[C@@H]1CCOC1=O)N[C@](Cc1ccccc1)(c1cc(F)cc(C(F)(F)F)c1)c1ccc(I)cn1. The quantitative estimate of drug-likeness (QED) is 0.235. The third-order valence-electron chi connectivity index (χ3n) is 5.76. The van der Waals surface area contributed by atoms with Crippen LogP contribution in [-0.4, -0.2) is 29.6 Å². The number of aromatic nitrogens is 1. The summed E-state index contributed by atoms with van der Waals surface area (Å²) in [6, 6.07) is 12.3. The molecule has 0 bridgehead atoms. The summed E-state index contributed by atoms with van der Waals surface area (Å²) in [5.41, 5.74) is -2.25. The van der Waals surface area contributed by atoms with Crippen LogP contribution in [0.3, 0.4) is 0 Å². The molecule has 0 saturated carbocycles.